The molecule has 0 aliphatic carbocycles. The standard InChI is InChI=1S/C22H25FN2O3/c1-28-20-8-4-17(5-9-20)21(26)24-13-10-16-11-14-25(15-12-16)22(27)18-2-6-19(23)7-3-18/h2-9,16H,10-15H2,1H3,(H,24,26). The first kappa shape index (κ1) is 19.9. The molecule has 1 aliphatic rings. The fourth-order valence-corrected chi connectivity index (χ4v) is 3.43. The number of nitrogens with one attached hydrogen (secondary N) is 1. The molecule has 1 fully saturated rings. The van der Waals surface area contributed by atoms with E-state index >= 15 is 0 Å². The van der Waals surface area contributed by atoms with Crippen LogP contribution in [-0.4, -0.2) is 43.5 Å². The second kappa shape index (κ2) is 9.35. The summed E-state index contributed by atoms with van der Waals surface area (Å²) >= 11 is 0. The van der Waals surface area contributed by atoms with Crippen LogP contribution in [0.25, 0.3) is 0 Å². The number of benzene rings is 2. The van der Waals surface area contributed by atoms with Crippen molar-refractivity contribution in [2.24, 2.45) is 5.92 Å². The highest BCUT2D eigenvalue weighted by Crippen LogP contribution is 2.21. The lowest BCUT2D eigenvalue weighted by atomic mass is 9.93. The van der Waals surface area contributed by atoms with Crippen molar-refractivity contribution in [2.45, 2.75) is 19.3 Å². The zero-order valence-electron chi connectivity index (χ0n) is 16.0. The summed E-state index contributed by atoms with van der Waals surface area (Å²) in [6, 6.07) is 12.7. The number of carbonyl (C=O) groups is 2. The van der Waals surface area contributed by atoms with Gasteiger partial charge < -0.3 is 15.0 Å². The Morgan fingerprint density at radius 1 is 1.04 bits per heavy atom. The summed E-state index contributed by atoms with van der Waals surface area (Å²) in [5.74, 6) is 0.719. The number of methoxy groups -OCH3 is 1. The third kappa shape index (κ3) is 5.09. The number of hydrogen-bond donors (Lipinski definition) is 1. The maximum absolute atomic E-state index is 13.0. The zero-order valence-corrected chi connectivity index (χ0v) is 16.0. The molecule has 0 saturated carbocycles. The monoisotopic (exact) mass is 384 g/mol. The molecule has 3 rings (SSSR count). The highest BCUT2D eigenvalue weighted by molar-refractivity contribution is 5.94. The summed E-state index contributed by atoms with van der Waals surface area (Å²) in [7, 11) is 1.59. The van der Waals surface area contributed by atoms with E-state index in [0.29, 0.717) is 36.7 Å². The van der Waals surface area contributed by atoms with Gasteiger partial charge in [-0.1, -0.05) is 0 Å². The van der Waals surface area contributed by atoms with E-state index in [1.54, 1.807) is 31.4 Å². The van der Waals surface area contributed by atoms with E-state index in [1.165, 1.54) is 24.3 Å². The maximum Gasteiger partial charge on any atom is 0.253 e. The molecule has 0 atom stereocenters. The third-order valence-electron chi connectivity index (χ3n) is 5.18. The average molecular weight is 384 g/mol. The molecule has 2 aromatic rings. The Morgan fingerprint density at radius 3 is 2.25 bits per heavy atom. The van der Waals surface area contributed by atoms with Crippen molar-refractivity contribution in [1.29, 1.82) is 0 Å². The van der Waals surface area contributed by atoms with Gasteiger partial charge in [-0.25, -0.2) is 4.39 Å². The molecular weight excluding hydrogens is 359 g/mol. The van der Waals surface area contributed by atoms with Crippen LogP contribution in [0.5, 0.6) is 5.75 Å². The molecule has 28 heavy (non-hydrogen) atoms. The van der Waals surface area contributed by atoms with Gasteiger partial charge >= 0.3 is 0 Å². The van der Waals surface area contributed by atoms with Crippen molar-refractivity contribution >= 4 is 11.8 Å². The number of hydrogen-bond acceptors (Lipinski definition) is 3. The van der Waals surface area contributed by atoms with Crippen molar-refractivity contribution in [3.8, 4) is 5.75 Å². The number of rotatable bonds is 6. The fourth-order valence-electron chi connectivity index (χ4n) is 3.43. The molecule has 0 bridgehead atoms. The summed E-state index contributed by atoms with van der Waals surface area (Å²) in [6.45, 7) is 1.99. The minimum absolute atomic E-state index is 0.0498. The average Bonchev–Trinajstić information content (AvgIpc) is 2.74. The number of carbonyl (C=O) groups excluding carboxylic acids is 2. The minimum Gasteiger partial charge on any atom is -0.497 e. The van der Waals surface area contributed by atoms with Gasteiger partial charge in [-0.3, -0.25) is 9.59 Å². The van der Waals surface area contributed by atoms with E-state index in [0.717, 1.165) is 25.0 Å². The number of amides is 2. The fraction of sp³-hybridized carbons (Fsp3) is 0.364. The Hall–Kier alpha value is -2.89. The van der Waals surface area contributed by atoms with E-state index in [9.17, 15) is 14.0 Å². The lowest BCUT2D eigenvalue weighted by molar-refractivity contribution is 0.0687. The van der Waals surface area contributed by atoms with Gasteiger partial charge in [-0.05, 0) is 73.7 Å². The van der Waals surface area contributed by atoms with Gasteiger partial charge in [-0.2, -0.15) is 0 Å². The number of nitrogens with zero attached hydrogens (tertiary/aromatic N) is 1. The number of ether oxygens (including phenoxy) is 1. The van der Waals surface area contributed by atoms with Crippen molar-refractivity contribution in [3.05, 3.63) is 65.5 Å². The van der Waals surface area contributed by atoms with Crippen LogP contribution in [0.2, 0.25) is 0 Å². The van der Waals surface area contributed by atoms with E-state index in [4.69, 9.17) is 4.74 Å². The Labute approximate surface area is 164 Å². The van der Waals surface area contributed by atoms with Gasteiger partial charge in [-0.15, -0.1) is 0 Å². The van der Waals surface area contributed by atoms with E-state index < -0.39 is 0 Å². The Bertz CT molecular complexity index is 798. The summed E-state index contributed by atoms with van der Waals surface area (Å²) in [6.07, 6.45) is 2.71. The molecule has 1 heterocycles. The first-order valence-electron chi connectivity index (χ1n) is 9.54. The molecule has 1 N–H and O–H groups in total. The van der Waals surface area contributed by atoms with Crippen LogP contribution in [0.15, 0.2) is 48.5 Å². The first-order valence-corrected chi connectivity index (χ1v) is 9.54. The lowest BCUT2D eigenvalue weighted by Crippen LogP contribution is -2.39. The van der Waals surface area contributed by atoms with Gasteiger partial charge in [0.05, 0.1) is 7.11 Å². The Balaban J connectivity index is 1.40. The van der Waals surface area contributed by atoms with E-state index in [2.05, 4.69) is 5.32 Å². The molecule has 0 radical (unpaired) electrons. The molecule has 2 aromatic carbocycles. The highest BCUT2D eigenvalue weighted by atomic mass is 19.1. The lowest BCUT2D eigenvalue weighted by Gasteiger charge is -2.32. The molecule has 1 saturated heterocycles. The normalized spacial score (nSPS) is 14.6. The number of halogens is 1. The molecule has 0 unspecified atom stereocenters. The van der Waals surface area contributed by atoms with Crippen LogP contribution in [0, 0.1) is 11.7 Å². The van der Waals surface area contributed by atoms with E-state index in [-0.39, 0.29) is 17.6 Å². The predicted molar refractivity (Wildman–Crippen MR) is 105 cm³/mol. The first-order chi connectivity index (χ1) is 13.6. The smallest absolute Gasteiger partial charge is 0.253 e. The van der Waals surface area contributed by atoms with Crippen LogP contribution in [-0.2, 0) is 0 Å². The number of piperidine rings is 1. The van der Waals surface area contributed by atoms with Crippen molar-refractivity contribution in [1.82, 2.24) is 10.2 Å². The quantitative estimate of drug-likeness (QED) is 0.829. The van der Waals surface area contributed by atoms with Crippen LogP contribution < -0.4 is 10.1 Å². The molecule has 5 nitrogen and oxygen atoms in total. The number of likely N-dealkylation sites (tertiary alicyclic amines) is 1. The second-order valence-electron chi connectivity index (χ2n) is 7.02. The molecular formula is C22H25FN2O3. The van der Waals surface area contributed by atoms with Crippen molar-refractivity contribution in [3.63, 3.8) is 0 Å². The van der Waals surface area contributed by atoms with Crippen LogP contribution in [0.4, 0.5) is 4.39 Å². The summed E-state index contributed by atoms with van der Waals surface area (Å²) in [5.41, 5.74) is 1.13. The Morgan fingerprint density at radius 2 is 1.64 bits per heavy atom. The minimum atomic E-state index is -0.341. The van der Waals surface area contributed by atoms with Crippen LogP contribution >= 0.6 is 0 Å². The second-order valence-corrected chi connectivity index (χ2v) is 7.02. The molecule has 2 amide bonds. The molecule has 0 aromatic heterocycles. The Kier molecular flexibility index (Phi) is 6.63. The van der Waals surface area contributed by atoms with Crippen LogP contribution in [0.1, 0.15) is 40.0 Å². The molecule has 6 heteroatoms. The summed E-state index contributed by atoms with van der Waals surface area (Å²) < 4.78 is 18.1. The third-order valence-corrected chi connectivity index (χ3v) is 5.18. The molecule has 148 valence electrons. The molecule has 1 aliphatic heterocycles. The summed E-state index contributed by atoms with van der Waals surface area (Å²) in [4.78, 5) is 26.5. The predicted octanol–water partition coefficient (Wildman–Crippen LogP) is 3.51. The van der Waals surface area contributed by atoms with Crippen LogP contribution in [0.3, 0.4) is 0 Å². The van der Waals surface area contributed by atoms with Gasteiger partial charge in [0.25, 0.3) is 11.8 Å². The van der Waals surface area contributed by atoms with Crippen molar-refractivity contribution in [2.75, 3.05) is 26.7 Å². The maximum atomic E-state index is 13.0. The van der Waals surface area contributed by atoms with Gasteiger partial charge in [0.15, 0.2) is 0 Å². The van der Waals surface area contributed by atoms with Gasteiger partial charge in [0, 0.05) is 30.8 Å². The van der Waals surface area contributed by atoms with Crippen molar-refractivity contribution < 1.29 is 18.7 Å². The largest absolute Gasteiger partial charge is 0.497 e. The topological polar surface area (TPSA) is 58.6 Å². The highest BCUT2D eigenvalue weighted by Gasteiger charge is 2.23. The SMILES string of the molecule is COc1ccc(C(=O)NCCC2CCN(C(=O)c3ccc(F)cc3)CC2)cc1. The summed E-state index contributed by atoms with van der Waals surface area (Å²) in [5, 5.41) is 2.95. The zero-order chi connectivity index (χ0) is 19.9. The van der Waals surface area contributed by atoms with E-state index in [1.807, 2.05) is 4.90 Å². The van der Waals surface area contributed by atoms with Gasteiger partial charge in [0.1, 0.15) is 11.6 Å². The van der Waals surface area contributed by atoms with Gasteiger partial charge in [0.2, 0.25) is 0 Å². The molecule has 0 spiro atoms.